The van der Waals surface area contributed by atoms with Crippen molar-refractivity contribution in [1.82, 2.24) is 9.97 Å². The summed E-state index contributed by atoms with van der Waals surface area (Å²) in [6.07, 6.45) is -4.50. The Balaban J connectivity index is 2.66. The molecule has 1 heterocycles. The molecule has 0 aliphatic carbocycles. The van der Waals surface area contributed by atoms with E-state index in [-0.39, 0.29) is 11.6 Å². The molecular weight excluding hydrogens is 279 g/mol. The van der Waals surface area contributed by atoms with E-state index in [4.69, 9.17) is 0 Å². The van der Waals surface area contributed by atoms with Crippen LogP contribution in [0.4, 0.5) is 19.1 Å². The van der Waals surface area contributed by atoms with E-state index in [1.54, 1.807) is 0 Å². The van der Waals surface area contributed by atoms with Gasteiger partial charge in [-0.3, -0.25) is 0 Å². The average molecular weight is 295 g/mol. The zero-order valence-corrected chi connectivity index (χ0v) is 12.3. The van der Waals surface area contributed by atoms with E-state index in [1.165, 1.54) is 7.05 Å². The highest BCUT2D eigenvalue weighted by Gasteiger charge is 2.33. The fraction of sp³-hybridized carbons (Fsp3) is 0.333. The Hall–Kier alpha value is -2.11. The van der Waals surface area contributed by atoms with Crippen LogP contribution in [0.25, 0.3) is 11.3 Å². The molecule has 1 aromatic carbocycles. The Morgan fingerprint density at radius 2 is 1.52 bits per heavy atom. The van der Waals surface area contributed by atoms with Crippen LogP contribution in [0, 0.1) is 20.8 Å². The van der Waals surface area contributed by atoms with Crippen LogP contribution in [0.5, 0.6) is 0 Å². The van der Waals surface area contributed by atoms with Crippen molar-refractivity contribution in [2.24, 2.45) is 0 Å². The van der Waals surface area contributed by atoms with Gasteiger partial charge in [0.05, 0.1) is 5.69 Å². The van der Waals surface area contributed by atoms with E-state index in [1.807, 2.05) is 32.9 Å². The van der Waals surface area contributed by atoms with Gasteiger partial charge in [0, 0.05) is 12.6 Å². The van der Waals surface area contributed by atoms with E-state index in [2.05, 4.69) is 15.3 Å². The maximum Gasteiger partial charge on any atom is 0.433 e. The molecule has 0 atom stereocenters. The smallest absolute Gasteiger partial charge is 0.357 e. The van der Waals surface area contributed by atoms with Gasteiger partial charge in [-0.25, -0.2) is 9.97 Å². The molecule has 0 radical (unpaired) electrons. The first-order valence-electron chi connectivity index (χ1n) is 6.44. The molecule has 0 saturated heterocycles. The number of nitrogens with zero attached hydrogens (tertiary/aromatic N) is 2. The van der Waals surface area contributed by atoms with E-state index in [0.29, 0.717) is 5.56 Å². The monoisotopic (exact) mass is 295 g/mol. The van der Waals surface area contributed by atoms with Crippen molar-refractivity contribution in [3.8, 4) is 11.3 Å². The van der Waals surface area contributed by atoms with Crippen LogP contribution in [0.1, 0.15) is 22.4 Å². The summed E-state index contributed by atoms with van der Waals surface area (Å²) < 4.78 is 38.8. The first-order chi connectivity index (χ1) is 9.72. The van der Waals surface area contributed by atoms with Crippen molar-refractivity contribution in [3.05, 3.63) is 40.6 Å². The summed E-state index contributed by atoms with van der Waals surface area (Å²) in [6.45, 7) is 5.74. The normalized spacial score (nSPS) is 11.6. The fourth-order valence-electron chi connectivity index (χ4n) is 2.08. The summed E-state index contributed by atoms with van der Waals surface area (Å²) in [5, 5.41) is 2.57. The predicted octanol–water partition coefficient (Wildman–Crippen LogP) is 4.13. The molecule has 21 heavy (non-hydrogen) atoms. The minimum atomic E-state index is -4.50. The van der Waals surface area contributed by atoms with Crippen LogP contribution in [0.15, 0.2) is 18.2 Å². The van der Waals surface area contributed by atoms with Crippen molar-refractivity contribution in [2.45, 2.75) is 26.9 Å². The maximum atomic E-state index is 12.9. The Morgan fingerprint density at radius 3 is 2.10 bits per heavy atom. The number of hydrogen-bond acceptors (Lipinski definition) is 3. The predicted molar refractivity (Wildman–Crippen MR) is 76.2 cm³/mol. The first kappa shape index (κ1) is 15.3. The molecule has 0 bridgehead atoms. The van der Waals surface area contributed by atoms with Crippen molar-refractivity contribution in [3.63, 3.8) is 0 Å². The number of hydrogen-bond donors (Lipinski definition) is 1. The third kappa shape index (κ3) is 3.15. The van der Waals surface area contributed by atoms with E-state index in [9.17, 15) is 13.2 Å². The number of rotatable bonds is 2. The number of nitrogens with one attached hydrogen (secondary N) is 1. The zero-order chi connectivity index (χ0) is 15.8. The second kappa shape index (κ2) is 5.35. The highest BCUT2D eigenvalue weighted by Crippen LogP contribution is 2.32. The number of alkyl halides is 3. The topological polar surface area (TPSA) is 37.8 Å². The Kier molecular flexibility index (Phi) is 3.89. The van der Waals surface area contributed by atoms with Crippen molar-refractivity contribution < 1.29 is 13.2 Å². The van der Waals surface area contributed by atoms with Crippen LogP contribution < -0.4 is 5.32 Å². The van der Waals surface area contributed by atoms with Crippen molar-refractivity contribution in [1.29, 1.82) is 0 Å². The standard InChI is InChI=1S/C15H16F3N3/c1-8-5-10(3)11(6-9(8)2)12-7-13(15(16,17)18)21-14(19-4)20-12/h5-7H,1-4H3,(H,19,20,21). The molecule has 2 aromatic rings. The maximum absolute atomic E-state index is 12.9. The zero-order valence-electron chi connectivity index (χ0n) is 12.3. The Morgan fingerprint density at radius 1 is 0.905 bits per heavy atom. The van der Waals surface area contributed by atoms with Gasteiger partial charge in [0.1, 0.15) is 0 Å². The lowest BCUT2D eigenvalue weighted by atomic mass is 9.98. The molecule has 0 saturated carbocycles. The Bertz CT molecular complexity index is 679. The molecule has 0 amide bonds. The van der Waals surface area contributed by atoms with Crippen LogP contribution in [-0.2, 0) is 6.18 Å². The molecule has 6 heteroatoms. The van der Waals surface area contributed by atoms with E-state index < -0.39 is 11.9 Å². The lowest BCUT2D eigenvalue weighted by Gasteiger charge is -2.13. The summed E-state index contributed by atoms with van der Waals surface area (Å²) in [6, 6.07) is 4.78. The summed E-state index contributed by atoms with van der Waals surface area (Å²) in [4.78, 5) is 7.62. The van der Waals surface area contributed by atoms with E-state index in [0.717, 1.165) is 22.8 Å². The van der Waals surface area contributed by atoms with Gasteiger partial charge in [-0.15, -0.1) is 0 Å². The average Bonchev–Trinajstić information content (AvgIpc) is 2.41. The molecule has 0 fully saturated rings. The van der Waals surface area contributed by atoms with Gasteiger partial charge < -0.3 is 5.32 Å². The van der Waals surface area contributed by atoms with Crippen molar-refractivity contribution in [2.75, 3.05) is 12.4 Å². The molecule has 1 aromatic heterocycles. The SMILES string of the molecule is CNc1nc(-c2cc(C)c(C)cc2C)cc(C(F)(F)F)n1. The van der Waals surface area contributed by atoms with Gasteiger partial charge in [0.2, 0.25) is 5.95 Å². The molecule has 0 spiro atoms. The summed E-state index contributed by atoms with van der Waals surface area (Å²) in [7, 11) is 1.49. The molecule has 2 rings (SSSR count). The second-order valence-electron chi connectivity index (χ2n) is 4.96. The molecule has 0 aliphatic heterocycles. The second-order valence-corrected chi connectivity index (χ2v) is 4.96. The Labute approximate surface area is 121 Å². The van der Waals surface area contributed by atoms with Gasteiger partial charge in [-0.05, 0) is 49.6 Å². The number of anilines is 1. The number of aryl methyl sites for hydroxylation is 3. The number of benzene rings is 1. The quantitative estimate of drug-likeness (QED) is 0.905. The summed E-state index contributed by atoms with van der Waals surface area (Å²) in [5.41, 5.74) is 2.98. The largest absolute Gasteiger partial charge is 0.433 e. The number of halogens is 3. The van der Waals surface area contributed by atoms with Crippen LogP contribution in [0.3, 0.4) is 0 Å². The van der Waals surface area contributed by atoms with Gasteiger partial charge in [-0.1, -0.05) is 6.07 Å². The molecule has 112 valence electrons. The van der Waals surface area contributed by atoms with Gasteiger partial charge in [0.15, 0.2) is 5.69 Å². The molecule has 3 nitrogen and oxygen atoms in total. The highest BCUT2D eigenvalue weighted by atomic mass is 19.4. The highest BCUT2D eigenvalue weighted by molar-refractivity contribution is 5.66. The van der Waals surface area contributed by atoms with Crippen LogP contribution >= 0.6 is 0 Å². The van der Waals surface area contributed by atoms with Gasteiger partial charge in [-0.2, -0.15) is 13.2 Å². The third-order valence-electron chi connectivity index (χ3n) is 3.36. The van der Waals surface area contributed by atoms with E-state index >= 15 is 0 Å². The lowest BCUT2D eigenvalue weighted by Crippen LogP contribution is -2.11. The van der Waals surface area contributed by atoms with Gasteiger partial charge >= 0.3 is 6.18 Å². The molecule has 1 N–H and O–H groups in total. The number of aromatic nitrogens is 2. The van der Waals surface area contributed by atoms with Crippen LogP contribution in [0.2, 0.25) is 0 Å². The minimum absolute atomic E-state index is 0.0440. The third-order valence-corrected chi connectivity index (χ3v) is 3.36. The minimum Gasteiger partial charge on any atom is -0.357 e. The fourth-order valence-corrected chi connectivity index (χ4v) is 2.08. The lowest BCUT2D eigenvalue weighted by molar-refractivity contribution is -0.141. The molecule has 0 aliphatic rings. The van der Waals surface area contributed by atoms with Crippen LogP contribution in [-0.4, -0.2) is 17.0 Å². The summed E-state index contributed by atoms with van der Waals surface area (Å²) in [5.74, 6) is -0.0440. The van der Waals surface area contributed by atoms with Crippen molar-refractivity contribution >= 4 is 5.95 Å². The first-order valence-corrected chi connectivity index (χ1v) is 6.44. The van der Waals surface area contributed by atoms with Gasteiger partial charge in [0.25, 0.3) is 0 Å². The molecule has 0 unspecified atom stereocenters. The summed E-state index contributed by atoms with van der Waals surface area (Å²) >= 11 is 0. The molecular formula is C15H16F3N3.